The Morgan fingerprint density at radius 2 is 2.25 bits per heavy atom. The van der Waals surface area contributed by atoms with Gasteiger partial charge in [0.25, 0.3) is 9.05 Å². The highest BCUT2D eigenvalue weighted by Gasteiger charge is 2.13. The van der Waals surface area contributed by atoms with Gasteiger partial charge in [0.1, 0.15) is 0 Å². The van der Waals surface area contributed by atoms with Gasteiger partial charge in [0.2, 0.25) is 0 Å². The van der Waals surface area contributed by atoms with Crippen molar-refractivity contribution in [3.8, 4) is 0 Å². The maximum Gasteiger partial charge on any atom is 0.261 e. The molecule has 0 bridgehead atoms. The van der Waals surface area contributed by atoms with E-state index in [0.29, 0.717) is 12.0 Å². The second-order valence-corrected chi connectivity index (χ2v) is 4.81. The SMILES string of the molecule is CCc1cnccc1S(=O)(=O)Cl. The Kier molecular flexibility index (Phi) is 2.69. The van der Waals surface area contributed by atoms with Crippen LogP contribution < -0.4 is 0 Å². The number of aryl methyl sites for hydroxylation is 1. The molecule has 1 aromatic heterocycles. The van der Waals surface area contributed by atoms with Crippen LogP contribution in [0.15, 0.2) is 23.4 Å². The molecule has 5 heteroatoms. The molecule has 66 valence electrons. The fourth-order valence-corrected chi connectivity index (χ4v) is 2.10. The lowest BCUT2D eigenvalue weighted by Gasteiger charge is -2.01. The predicted molar refractivity (Wildman–Crippen MR) is 46.7 cm³/mol. The van der Waals surface area contributed by atoms with Crippen molar-refractivity contribution in [1.82, 2.24) is 4.98 Å². The zero-order chi connectivity index (χ0) is 9.19. The van der Waals surface area contributed by atoms with Crippen LogP contribution in [0, 0.1) is 0 Å². The van der Waals surface area contributed by atoms with Crippen molar-refractivity contribution in [2.75, 3.05) is 0 Å². The topological polar surface area (TPSA) is 47.0 Å². The summed E-state index contributed by atoms with van der Waals surface area (Å²) >= 11 is 0. The quantitative estimate of drug-likeness (QED) is 0.689. The molecule has 0 fully saturated rings. The number of rotatable bonds is 2. The molecule has 0 unspecified atom stereocenters. The normalized spacial score (nSPS) is 11.5. The number of aromatic nitrogens is 1. The van der Waals surface area contributed by atoms with Crippen LogP contribution in [-0.4, -0.2) is 13.4 Å². The molecule has 0 saturated heterocycles. The van der Waals surface area contributed by atoms with Crippen LogP contribution in [0.3, 0.4) is 0 Å². The minimum absolute atomic E-state index is 0.154. The molecule has 0 aromatic carbocycles. The van der Waals surface area contributed by atoms with Gasteiger partial charge in [0, 0.05) is 23.1 Å². The van der Waals surface area contributed by atoms with Crippen molar-refractivity contribution in [1.29, 1.82) is 0 Å². The van der Waals surface area contributed by atoms with Gasteiger partial charge in [0.05, 0.1) is 4.90 Å². The van der Waals surface area contributed by atoms with Crippen LogP contribution in [0.1, 0.15) is 12.5 Å². The third-order valence-electron chi connectivity index (χ3n) is 1.50. The molecule has 1 rings (SSSR count). The number of pyridine rings is 1. The highest BCUT2D eigenvalue weighted by atomic mass is 35.7. The number of hydrogen-bond donors (Lipinski definition) is 0. The third kappa shape index (κ3) is 1.95. The molecule has 0 spiro atoms. The first-order valence-electron chi connectivity index (χ1n) is 3.43. The summed E-state index contributed by atoms with van der Waals surface area (Å²) in [5.41, 5.74) is 0.646. The van der Waals surface area contributed by atoms with Crippen LogP contribution in [0.2, 0.25) is 0 Å². The molecular formula is C7H8ClNO2S. The van der Waals surface area contributed by atoms with Crippen molar-refractivity contribution in [3.63, 3.8) is 0 Å². The molecule has 0 amide bonds. The highest BCUT2D eigenvalue weighted by molar-refractivity contribution is 8.13. The van der Waals surface area contributed by atoms with Crippen molar-refractivity contribution in [3.05, 3.63) is 24.0 Å². The van der Waals surface area contributed by atoms with E-state index in [-0.39, 0.29) is 4.90 Å². The standard InChI is InChI=1S/C7H8ClNO2S/c1-2-6-5-9-4-3-7(6)12(8,10)11/h3-5H,2H2,1H3. The van der Waals surface area contributed by atoms with E-state index >= 15 is 0 Å². The molecule has 12 heavy (non-hydrogen) atoms. The average Bonchev–Trinajstić information content (AvgIpc) is 2.03. The lowest BCUT2D eigenvalue weighted by atomic mass is 10.2. The third-order valence-corrected chi connectivity index (χ3v) is 2.92. The maximum atomic E-state index is 11.0. The molecule has 1 aromatic rings. The van der Waals surface area contributed by atoms with E-state index in [1.807, 2.05) is 6.92 Å². The Labute approximate surface area is 75.8 Å². The zero-order valence-corrected chi connectivity index (χ0v) is 8.06. The van der Waals surface area contributed by atoms with Gasteiger partial charge in [-0.3, -0.25) is 4.98 Å². The first kappa shape index (κ1) is 9.48. The van der Waals surface area contributed by atoms with E-state index in [9.17, 15) is 8.42 Å². The van der Waals surface area contributed by atoms with E-state index < -0.39 is 9.05 Å². The van der Waals surface area contributed by atoms with E-state index in [1.165, 1.54) is 18.5 Å². The summed E-state index contributed by atoms with van der Waals surface area (Å²) in [6.07, 6.45) is 3.53. The van der Waals surface area contributed by atoms with Gasteiger partial charge in [-0.05, 0) is 18.1 Å². The summed E-state index contributed by atoms with van der Waals surface area (Å²) in [6.45, 7) is 1.85. The highest BCUT2D eigenvalue weighted by Crippen LogP contribution is 2.18. The van der Waals surface area contributed by atoms with Crippen LogP contribution in [0.4, 0.5) is 0 Å². The minimum Gasteiger partial charge on any atom is -0.264 e. The largest absolute Gasteiger partial charge is 0.264 e. The van der Waals surface area contributed by atoms with Gasteiger partial charge < -0.3 is 0 Å². The fraction of sp³-hybridized carbons (Fsp3) is 0.286. The summed E-state index contributed by atoms with van der Waals surface area (Å²) in [4.78, 5) is 3.96. The molecule has 0 radical (unpaired) electrons. The molecule has 0 saturated carbocycles. The Hall–Kier alpha value is -0.610. The molecule has 0 aliphatic carbocycles. The average molecular weight is 206 g/mol. The van der Waals surface area contributed by atoms with Gasteiger partial charge in [-0.2, -0.15) is 0 Å². The Morgan fingerprint density at radius 1 is 1.58 bits per heavy atom. The van der Waals surface area contributed by atoms with Crippen molar-refractivity contribution < 1.29 is 8.42 Å². The monoisotopic (exact) mass is 205 g/mol. The van der Waals surface area contributed by atoms with Gasteiger partial charge in [-0.15, -0.1) is 0 Å². The molecular weight excluding hydrogens is 198 g/mol. The van der Waals surface area contributed by atoms with E-state index in [0.717, 1.165) is 0 Å². The van der Waals surface area contributed by atoms with Crippen molar-refractivity contribution in [2.24, 2.45) is 0 Å². The maximum absolute atomic E-state index is 11.0. The second kappa shape index (κ2) is 3.41. The summed E-state index contributed by atoms with van der Waals surface area (Å²) in [6, 6.07) is 1.40. The van der Waals surface area contributed by atoms with Crippen molar-refractivity contribution in [2.45, 2.75) is 18.2 Å². The molecule has 0 N–H and O–H groups in total. The molecule has 0 atom stereocenters. The summed E-state index contributed by atoms with van der Waals surface area (Å²) in [7, 11) is 1.57. The van der Waals surface area contributed by atoms with Crippen LogP contribution in [0.5, 0.6) is 0 Å². The van der Waals surface area contributed by atoms with Gasteiger partial charge in [-0.25, -0.2) is 8.42 Å². The molecule has 0 aliphatic rings. The Morgan fingerprint density at radius 3 is 2.67 bits per heavy atom. The van der Waals surface area contributed by atoms with E-state index in [1.54, 1.807) is 0 Å². The van der Waals surface area contributed by atoms with Crippen molar-refractivity contribution >= 4 is 19.7 Å². The second-order valence-electron chi connectivity index (χ2n) is 2.27. The van der Waals surface area contributed by atoms with Gasteiger partial charge in [0.15, 0.2) is 0 Å². The van der Waals surface area contributed by atoms with Crippen LogP contribution in [-0.2, 0) is 15.5 Å². The molecule has 3 nitrogen and oxygen atoms in total. The smallest absolute Gasteiger partial charge is 0.261 e. The fourth-order valence-electron chi connectivity index (χ4n) is 0.918. The zero-order valence-electron chi connectivity index (χ0n) is 6.49. The van der Waals surface area contributed by atoms with Gasteiger partial charge in [-0.1, -0.05) is 6.92 Å². The summed E-state index contributed by atoms with van der Waals surface area (Å²) < 4.78 is 21.9. The lowest BCUT2D eigenvalue weighted by molar-refractivity contribution is 0.608. The van der Waals surface area contributed by atoms with E-state index in [4.69, 9.17) is 10.7 Å². The molecule has 1 heterocycles. The predicted octanol–water partition coefficient (Wildman–Crippen LogP) is 1.57. The minimum atomic E-state index is -3.61. The first-order chi connectivity index (χ1) is 5.55. The molecule has 0 aliphatic heterocycles. The van der Waals surface area contributed by atoms with Crippen LogP contribution >= 0.6 is 10.7 Å². The Balaban J connectivity index is 3.33. The summed E-state index contributed by atoms with van der Waals surface area (Å²) in [5, 5.41) is 0. The lowest BCUT2D eigenvalue weighted by Crippen LogP contribution is -1.97. The Bertz CT molecular complexity index is 375. The van der Waals surface area contributed by atoms with Gasteiger partial charge >= 0.3 is 0 Å². The first-order valence-corrected chi connectivity index (χ1v) is 5.74. The van der Waals surface area contributed by atoms with E-state index in [2.05, 4.69) is 4.98 Å². The number of hydrogen-bond acceptors (Lipinski definition) is 3. The summed E-state index contributed by atoms with van der Waals surface area (Å²) in [5.74, 6) is 0. The van der Waals surface area contributed by atoms with Crippen LogP contribution in [0.25, 0.3) is 0 Å². The number of nitrogens with zero attached hydrogens (tertiary/aromatic N) is 1. The number of halogens is 1.